The Labute approximate surface area is 126 Å². The highest BCUT2D eigenvalue weighted by Gasteiger charge is 2.10. The van der Waals surface area contributed by atoms with Gasteiger partial charge in [-0.25, -0.2) is 4.98 Å². The number of pyridine rings is 1. The molecule has 2 amide bonds. The summed E-state index contributed by atoms with van der Waals surface area (Å²) in [6.45, 7) is 0. The minimum Gasteiger partial charge on any atom is -0.355 e. The number of fused-ring (bicyclic) bond motifs is 1. The fourth-order valence-electron chi connectivity index (χ4n) is 2.13. The van der Waals surface area contributed by atoms with Crippen LogP contribution in [0.25, 0.3) is 11.0 Å². The van der Waals surface area contributed by atoms with Gasteiger partial charge in [0, 0.05) is 29.8 Å². The van der Waals surface area contributed by atoms with Gasteiger partial charge in [0.1, 0.15) is 11.5 Å². The lowest BCUT2D eigenvalue weighted by molar-refractivity contribution is 0.0963. The van der Waals surface area contributed by atoms with Gasteiger partial charge < -0.3 is 15.6 Å². The van der Waals surface area contributed by atoms with Gasteiger partial charge in [-0.15, -0.1) is 0 Å². The minimum atomic E-state index is -0.316. The van der Waals surface area contributed by atoms with E-state index >= 15 is 0 Å². The zero-order valence-electron chi connectivity index (χ0n) is 11.9. The van der Waals surface area contributed by atoms with Crippen molar-refractivity contribution in [3.05, 3.63) is 59.8 Å². The second kappa shape index (κ2) is 5.69. The quantitative estimate of drug-likeness (QED) is 0.692. The number of anilines is 1. The summed E-state index contributed by atoms with van der Waals surface area (Å²) in [7, 11) is 1.55. The van der Waals surface area contributed by atoms with Crippen molar-refractivity contribution in [2.45, 2.75) is 0 Å². The summed E-state index contributed by atoms with van der Waals surface area (Å²) in [5.41, 5.74) is 1.54. The fourth-order valence-corrected chi connectivity index (χ4v) is 2.13. The number of carbonyl (C=O) groups is 2. The van der Waals surface area contributed by atoms with E-state index in [1.165, 1.54) is 0 Å². The lowest BCUT2D eigenvalue weighted by Gasteiger charge is -2.06. The van der Waals surface area contributed by atoms with Gasteiger partial charge in [-0.3, -0.25) is 9.59 Å². The molecule has 110 valence electrons. The number of nitrogens with one attached hydrogen (secondary N) is 3. The third-order valence-electron chi connectivity index (χ3n) is 3.27. The first-order valence-electron chi connectivity index (χ1n) is 6.75. The minimum absolute atomic E-state index is 0.236. The number of H-pyrrole nitrogens is 1. The Kier molecular flexibility index (Phi) is 3.57. The largest absolute Gasteiger partial charge is 0.355 e. The Bertz CT molecular complexity index is 854. The molecule has 2 heterocycles. The second-order valence-corrected chi connectivity index (χ2v) is 4.73. The highest BCUT2D eigenvalue weighted by molar-refractivity contribution is 6.06. The number of rotatable bonds is 3. The van der Waals surface area contributed by atoms with Gasteiger partial charge in [0.2, 0.25) is 0 Å². The van der Waals surface area contributed by atoms with Crippen molar-refractivity contribution in [2.24, 2.45) is 0 Å². The summed E-state index contributed by atoms with van der Waals surface area (Å²) in [6, 6.07) is 12.0. The molecule has 0 unspecified atom stereocenters. The first-order valence-corrected chi connectivity index (χ1v) is 6.75. The van der Waals surface area contributed by atoms with Gasteiger partial charge in [0.15, 0.2) is 0 Å². The van der Waals surface area contributed by atoms with Crippen molar-refractivity contribution in [1.29, 1.82) is 0 Å². The maximum Gasteiger partial charge on any atom is 0.256 e. The molecule has 0 radical (unpaired) electrons. The van der Waals surface area contributed by atoms with Gasteiger partial charge in [-0.2, -0.15) is 0 Å². The number of nitrogens with zero attached hydrogens (tertiary/aromatic N) is 1. The van der Waals surface area contributed by atoms with Crippen LogP contribution in [0.2, 0.25) is 0 Å². The normalized spacial score (nSPS) is 10.4. The van der Waals surface area contributed by atoms with E-state index in [4.69, 9.17) is 0 Å². The Morgan fingerprint density at radius 2 is 1.82 bits per heavy atom. The molecule has 6 nitrogen and oxygen atoms in total. The molecule has 0 atom stereocenters. The van der Waals surface area contributed by atoms with Gasteiger partial charge in [0.05, 0.1) is 0 Å². The monoisotopic (exact) mass is 294 g/mol. The Hall–Kier alpha value is -3.15. The molecular weight excluding hydrogens is 280 g/mol. The molecule has 0 saturated carbocycles. The first-order chi connectivity index (χ1) is 10.7. The molecule has 0 bridgehead atoms. The van der Waals surface area contributed by atoms with Crippen molar-refractivity contribution in [3.63, 3.8) is 0 Å². The number of amides is 2. The van der Waals surface area contributed by atoms with E-state index in [2.05, 4.69) is 20.6 Å². The lowest BCUT2D eigenvalue weighted by Crippen LogP contribution is -2.19. The van der Waals surface area contributed by atoms with Crippen molar-refractivity contribution >= 4 is 28.7 Å². The summed E-state index contributed by atoms with van der Waals surface area (Å²) < 4.78 is 0. The first kappa shape index (κ1) is 13.8. The molecule has 3 aromatic rings. The van der Waals surface area contributed by atoms with E-state index in [9.17, 15) is 9.59 Å². The average molecular weight is 294 g/mol. The fraction of sp³-hybridized carbons (Fsp3) is 0.0625. The van der Waals surface area contributed by atoms with E-state index in [0.29, 0.717) is 22.6 Å². The number of aromatic amines is 1. The van der Waals surface area contributed by atoms with Crippen LogP contribution in [0.15, 0.2) is 48.7 Å². The SMILES string of the molecule is CNC(=O)c1cccc(C(=O)Nc2ccc3cc[nH]c3n2)c1. The van der Waals surface area contributed by atoms with Crippen LogP contribution in [0.5, 0.6) is 0 Å². The molecule has 6 heteroatoms. The number of hydrogen-bond acceptors (Lipinski definition) is 3. The molecule has 1 aromatic carbocycles. The molecule has 2 aromatic heterocycles. The second-order valence-electron chi connectivity index (χ2n) is 4.73. The topological polar surface area (TPSA) is 86.9 Å². The summed E-state index contributed by atoms with van der Waals surface area (Å²) in [5, 5.41) is 6.22. The van der Waals surface area contributed by atoms with Crippen molar-refractivity contribution in [1.82, 2.24) is 15.3 Å². The molecule has 0 fully saturated rings. The van der Waals surface area contributed by atoms with Gasteiger partial charge in [0.25, 0.3) is 11.8 Å². The smallest absolute Gasteiger partial charge is 0.256 e. The van der Waals surface area contributed by atoms with Crippen LogP contribution in [0.3, 0.4) is 0 Å². The highest BCUT2D eigenvalue weighted by atomic mass is 16.2. The van der Waals surface area contributed by atoms with Gasteiger partial charge in [-0.05, 0) is 36.4 Å². The summed E-state index contributed by atoms with van der Waals surface area (Å²) in [5.74, 6) is -0.102. The summed E-state index contributed by atoms with van der Waals surface area (Å²) in [6.07, 6.45) is 1.79. The van der Waals surface area contributed by atoms with Crippen LogP contribution < -0.4 is 10.6 Å². The van der Waals surface area contributed by atoms with Crippen LogP contribution >= 0.6 is 0 Å². The van der Waals surface area contributed by atoms with E-state index in [-0.39, 0.29) is 11.8 Å². The highest BCUT2D eigenvalue weighted by Crippen LogP contribution is 2.14. The molecule has 0 spiro atoms. The maximum atomic E-state index is 12.3. The van der Waals surface area contributed by atoms with E-state index in [0.717, 1.165) is 5.39 Å². The molecule has 22 heavy (non-hydrogen) atoms. The molecular formula is C16H14N4O2. The Morgan fingerprint density at radius 1 is 1.05 bits per heavy atom. The molecule has 0 aliphatic heterocycles. The van der Waals surface area contributed by atoms with Crippen molar-refractivity contribution in [3.8, 4) is 0 Å². The van der Waals surface area contributed by atoms with Crippen molar-refractivity contribution in [2.75, 3.05) is 12.4 Å². The summed E-state index contributed by atoms with van der Waals surface area (Å²) >= 11 is 0. The zero-order chi connectivity index (χ0) is 15.5. The van der Waals surface area contributed by atoms with Crippen LogP contribution in [0.4, 0.5) is 5.82 Å². The number of hydrogen-bond donors (Lipinski definition) is 3. The molecule has 3 rings (SSSR count). The summed E-state index contributed by atoms with van der Waals surface area (Å²) in [4.78, 5) is 31.2. The molecule has 0 aliphatic carbocycles. The van der Waals surface area contributed by atoms with Crippen molar-refractivity contribution < 1.29 is 9.59 Å². The van der Waals surface area contributed by atoms with E-state index in [1.807, 2.05) is 12.1 Å². The average Bonchev–Trinajstić information content (AvgIpc) is 3.02. The van der Waals surface area contributed by atoms with Crippen LogP contribution in [0.1, 0.15) is 20.7 Å². The Balaban J connectivity index is 1.83. The Morgan fingerprint density at radius 3 is 2.59 bits per heavy atom. The molecule has 0 aliphatic rings. The number of benzene rings is 1. The lowest BCUT2D eigenvalue weighted by atomic mass is 10.1. The maximum absolute atomic E-state index is 12.3. The van der Waals surface area contributed by atoms with Crippen LogP contribution in [-0.2, 0) is 0 Å². The predicted molar refractivity (Wildman–Crippen MR) is 83.9 cm³/mol. The third kappa shape index (κ3) is 2.67. The third-order valence-corrected chi connectivity index (χ3v) is 3.27. The molecule has 0 saturated heterocycles. The van der Waals surface area contributed by atoms with Gasteiger partial charge >= 0.3 is 0 Å². The van der Waals surface area contributed by atoms with Crippen LogP contribution in [0, 0.1) is 0 Å². The number of aromatic nitrogens is 2. The zero-order valence-corrected chi connectivity index (χ0v) is 11.9. The van der Waals surface area contributed by atoms with E-state index in [1.54, 1.807) is 43.6 Å². The van der Waals surface area contributed by atoms with Gasteiger partial charge in [-0.1, -0.05) is 6.07 Å². The van der Waals surface area contributed by atoms with Crippen LogP contribution in [-0.4, -0.2) is 28.8 Å². The molecule has 3 N–H and O–H groups in total. The number of carbonyl (C=O) groups excluding carboxylic acids is 2. The predicted octanol–water partition coefficient (Wildman–Crippen LogP) is 2.17. The van der Waals surface area contributed by atoms with E-state index < -0.39 is 0 Å². The standard InChI is InChI=1S/C16H14N4O2/c1-17-15(21)11-3-2-4-12(9-11)16(22)20-13-6-5-10-7-8-18-14(10)19-13/h2-9H,1H3,(H,17,21)(H2,18,19,20,22).